The van der Waals surface area contributed by atoms with Crippen molar-refractivity contribution in [1.82, 2.24) is 5.32 Å². The molecule has 0 bridgehead atoms. The average molecular weight is 388 g/mol. The van der Waals surface area contributed by atoms with E-state index in [2.05, 4.69) is 10.6 Å². The Kier molecular flexibility index (Phi) is 7.65. The van der Waals surface area contributed by atoms with E-state index in [1.54, 1.807) is 25.3 Å². The number of carbonyl (C=O) groups is 2. The van der Waals surface area contributed by atoms with Crippen LogP contribution in [0.4, 0.5) is 5.69 Å². The van der Waals surface area contributed by atoms with Crippen molar-refractivity contribution >= 4 is 17.5 Å². The average Bonchev–Trinajstić information content (AvgIpc) is 2.74. The Balaban J connectivity index is 1.99. The monoisotopic (exact) mass is 388 g/mol. The highest BCUT2D eigenvalue weighted by Crippen LogP contribution is 2.29. The van der Waals surface area contributed by atoms with Gasteiger partial charge < -0.3 is 29.6 Å². The molecular formula is C20H24N2O6. The molecule has 2 aromatic rings. The minimum absolute atomic E-state index is 0.121. The summed E-state index contributed by atoms with van der Waals surface area (Å²) in [5, 5.41) is 5.09. The fraction of sp³-hybridized carbons (Fsp3) is 0.300. The lowest BCUT2D eigenvalue weighted by molar-refractivity contribution is -0.136. The molecule has 28 heavy (non-hydrogen) atoms. The lowest BCUT2D eigenvalue weighted by Gasteiger charge is -2.17. The fourth-order valence-electron chi connectivity index (χ4n) is 2.53. The van der Waals surface area contributed by atoms with Crippen LogP contribution in [-0.2, 0) is 14.3 Å². The molecular weight excluding hydrogens is 364 g/mol. The highest BCUT2D eigenvalue weighted by atomic mass is 16.5. The highest BCUT2D eigenvalue weighted by Gasteiger charge is 2.19. The first kappa shape index (κ1) is 21.0. The van der Waals surface area contributed by atoms with E-state index in [0.29, 0.717) is 22.9 Å². The van der Waals surface area contributed by atoms with Gasteiger partial charge in [0.1, 0.15) is 17.2 Å². The van der Waals surface area contributed by atoms with E-state index in [9.17, 15) is 9.59 Å². The van der Waals surface area contributed by atoms with Crippen molar-refractivity contribution in [3.8, 4) is 17.2 Å². The molecule has 2 aromatic carbocycles. The summed E-state index contributed by atoms with van der Waals surface area (Å²) in [7, 11) is 6.08. The van der Waals surface area contributed by atoms with Crippen LogP contribution in [0.25, 0.3) is 0 Å². The smallest absolute Gasteiger partial charge is 0.313 e. The molecule has 2 amide bonds. The van der Waals surface area contributed by atoms with Gasteiger partial charge in [0.25, 0.3) is 0 Å². The summed E-state index contributed by atoms with van der Waals surface area (Å²) in [6.07, 6.45) is -0.428. The second-order valence-electron chi connectivity index (χ2n) is 5.73. The van der Waals surface area contributed by atoms with Crippen LogP contribution in [0.1, 0.15) is 11.7 Å². The number of hydrogen-bond donors (Lipinski definition) is 2. The van der Waals surface area contributed by atoms with Crippen LogP contribution in [0.3, 0.4) is 0 Å². The standard InChI is InChI=1S/C20H24N2O6/c1-25-14-7-5-6-13(10-14)18(28-4)12-21-19(23)20(24)22-16-9-8-15(26-2)11-17(16)27-3/h5-11,18H,12H2,1-4H3,(H,21,23)(H,22,24). The van der Waals surface area contributed by atoms with Crippen LogP contribution < -0.4 is 24.8 Å². The molecule has 0 spiro atoms. The van der Waals surface area contributed by atoms with Gasteiger partial charge in [-0.3, -0.25) is 9.59 Å². The van der Waals surface area contributed by atoms with Crippen molar-refractivity contribution in [2.45, 2.75) is 6.10 Å². The molecule has 0 aliphatic rings. The molecule has 0 saturated carbocycles. The predicted octanol–water partition coefficient (Wildman–Crippen LogP) is 2.15. The lowest BCUT2D eigenvalue weighted by Crippen LogP contribution is -2.38. The van der Waals surface area contributed by atoms with Gasteiger partial charge in [0.2, 0.25) is 0 Å². The third kappa shape index (κ3) is 5.37. The highest BCUT2D eigenvalue weighted by molar-refractivity contribution is 6.39. The van der Waals surface area contributed by atoms with Crippen LogP contribution >= 0.6 is 0 Å². The van der Waals surface area contributed by atoms with Crippen molar-refractivity contribution in [2.75, 3.05) is 40.3 Å². The molecule has 0 heterocycles. The van der Waals surface area contributed by atoms with Crippen molar-refractivity contribution in [2.24, 2.45) is 0 Å². The van der Waals surface area contributed by atoms with Gasteiger partial charge >= 0.3 is 11.8 Å². The lowest BCUT2D eigenvalue weighted by atomic mass is 10.1. The van der Waals surface area contributed by atoms with E-state index >= 15 is 0 Å². The molecule has 0 aliphatic heterocycles. The van der Waals surface area contributed by atoms with Gasteiger partial charge in [-0.15, -0.1) is 0 Å². The summed E-state index contributed by atoms with van der Waals surface area (Å²) in [6, 6.07) is 12.1. The number of amides is 2. The van der Waals surface area contributed by atoms with Crippen molar-refractivity contribution in [3.05, 3.63) is 48.0 Å². The number of ether oxygens (including phenoxy) is 4. The van der Waals surface area contributed by atoms with Gasteiger partial charge in [0.15, 0.2) is 0 Å². The van der Waals surface area contributed by atoms with Gasteiger partial charge in [-0.2, -0.15) is 0 Å². The summed E-state index contributed by atoms with van der Waals surface area (Å²) in [5.41, 5.74) is 1.18. The summed E-state index contributed by atoms with van der Waals surface area (Å²) in [5.74, 6) is 0.0224. The van der Waals surface area contributed by atoms with E-state index in [4.69, 9.17) is 18.9 Å². The number of nitrogens with one attached hydrogen (secondary N) is 2. The Hall–Kier alpha value is -3.26. The summed E-state index contributed by atoms with van der Waals surface area (Å²) in [6.45, 7) is 0.121. The maximum absolute atomic E-state index is 12.2. The van der Waals surface area contributed by atoms with E-state index in [1.807, 2.05) is 24.3 Å². The van der Waals surface area contributed by atoms with Crippen LogP contribution in [0.5, 0.6) is 17.2 Å². The van der Waals surface area contributed by atoms with Crippen LogP contribution in [0.15, 0.2) is 42.5 Å². The third-order valence-electron chi connectivity index (χ3n) is 4.06. The summed E-state index contributed by atoms with van der Waals surface area (Å²) in [4.78, 5) is 24.4. The topological polar surface area (TPSA) is 95.1 Å². The zero-order chi connectivity index (χ0) is 20.5. The maximum atomic E-state index is 12.2. The molecule has 0 fully saturated rings. The maximum Gasteiger partial charge on any atom is 0.313 e. The van der Waals surface area contributed by atoms with Gasteiger partial charge in [-0.25, -0.2) is 0 Å². The number of anilines is 1. The first-order valence-corrected chi connectivity index (χ1v) is 8.50. The molecule has 1 atom stereocenters. The van der Waals surface area contributed by atoms with Crippen molar-refractivity contribution in [3.63, 3.8) is 0 Å². The second kappa shape index (κ2) is 10.2. The molecule has 8 heteroatoms. The zero-order valence-electron chi connectivity index (χ0n) is 16.3. The van der Waals surface area contributed by atoms with Crippen molar-refractivity contribution < 1.29 is 28.5 Å². The Morgan fingerprint density at radius 2 is 1.61 bits per heavy atom. The van der Waals surface area contributed by atoms with Crippen molar-refractivity contribution in [1.29, 1.82) is 0 Å². The number of benzene rings is 2. The molecule has 0 aliphatic carbocycles. The number of methoxy groups -OCH3 is 4. The first-order chi connectivity index (χ1) is 13.5. The summed E-state index contributed by atoms with van der Waals surface area (Å²) < 4.78 is 20.9. The van der Waals surface area contributed by atoms with Gasteiger partial charge in [-0.05, 0) is 29.8 Å². The van der Waals surface area contributed by atoms with E-state index < -0.39 is 17.9 Å². The largest absolute Gasteiger partial charge is 0.497 e. The zero-order valence-corrected chi connectivity index (χ0v) is 16.3. The SMILES string of the molecule is COc1cccc(C(CNC(=O)C(=O)Nc2ccc(OC)cc2OC)OC)c1. The minimum Gasteiger partial charge on any atom is -0.497 e. The first-order valence-electron chi connectivity index (χ1n) is 8.50. The molecule has 0 saturated heterocycles. The Morgan fingerprint density at radius 3 is 2.25 bits per heavy atom. The molecule has 2 rings (SSSR count). The van der Waals surface area contributed by atoms with E-state index in [1.165, 1.54) is 21.3 Å². The Bertz CT molecular complexity index is 824. The molecule has 0 radical (unpaired) electrons. The number of rotatable bonds is 8. The van der Waals surface area contributed by atoms with Crippen LogP contribution in [0.2, 0.25) is 0 Å². The predicted molar refractivity (Wildman–Crippen MR) is 104 cm³/mol. The number of hydrogen-bond acceptors (Lipinski definition) is 6. The molecule has 1 unspecified atom stereocenters. The molecule has 8 nitrogen and oxygen atoms in total. The Morgan fingerprint density at radius 1 is 0.893 bits per heavy atom. The number of carbonyl (C=O) groups excluding carboxylic acids is 2. The van der Waals surface area contributed by atoms with E-state index in [-0.39, 0.29) is 6.54 Å². The normalized spacial score (nSPS) is 11.3. The van der Waals surface area contributed by atoms with Gasteiger partial charge in [-0.1, -0.05) is 12.1 Å². The minimum atomic E-state index is -0.816. The third-order valence-corrected chi connectivity index (χ3v) is 4.06. The summed E-state index contributed by atoms with van der Waals surface area (Å²) >= 11 is 0. The molecule has 2 N–H and O–H groups in total. The van der Waals surface area contributed by atoms with Crippen LogP contribution in [-0.4, -0.2) is 46.8 Å². The fourth-order valence-corrected chi connectivity index (χ4v) is 2.53. The van der Waals surface area contributed by atoms with E-state index in [0.717, 1.165) is 5.56 Å². The van der Waals surface area contributed by atoms with Gasteiger partial charge in [0, 0.05) is 19.7 Å². The molecule has 150 valence electrons. The quantitative estimate of drug-likeness (QED) is 0.673. The van der Waals surface area contributed by atoms with Crippen LogP contribution in [0, 0.1) is 0 Å². The second-order valence-corrected chi connectivity index (χ2v) is 5.73. The van der Waals surface area contributed by atoms with Gasteiger partial charge in [0.05, 0.1) is 33.1 Å². The molecule has 0 aromatic heterocycles. The Labute approximate surface area is 163 Å².